The normalized spacial score (nSPS) is 21.7. The van der Waals surface area contributed by atoms with E-state index in [2.05, 4.69) is 41.2 Å². The highest BCUT2D eigenvalue weighted by Gasteiger charge is 2.28. The van der Waals surface area contributed by atoms with Gasteiger partial charge in [-0.05, 0) is 51.5 Å². The van der Waals surface area contributed by atoms with Crippen molar-refractivity contribution in [2.45, 2.75) is 45.2 Å². The van der Waals surface area contributed by atoms with Crippen molar-refractivity contribution in [3.05, 3.63) is 29.8 Å². The van der Waals surface area contributed by atoms with Crippen molar-refractivity contribution in [2.24, 2.45) is 0 Å². The molecule has 3 amide bonds. The smallest absolute Gasteiger partial charge is 0.251 e. The van der Waals surface area contributed by atoms with Gasteiger partial charge in [-0.25, -0.2) is 0 Å². The Labute approximate surface area is 160 Å². The van der Waals surface area contributed by atoms with Crippen LogP contribution < -0.4 is 15.5 Å². The summed E-state index contributed by atoms with van der Waals surface area (Å²) in [6.07, 6.45) is 0.586. The highest BCUT2D eigenvalue weighted by atomic mass is 16.2. The van der Waals surface area contributed by atoms with Crippen LogP contribution >= 0.6 is 0 Å². The van der Waals surface area contributed by atoms with Gasteiger partial charge in [-0.15, -0.1) is 0 Å². The first kappa shape index (κ1) is 19.4. The van der Waals surface area contributed by atoms with Crippen LogP contribution in [0.2, 0.25) is 0 Å². The zero-order valence-corrected chi connectivity index (χ0v) is 16.2. The number of carbonyl (C=O) groups is 3. The summed E-state index contributed by atoms with van der Waals surface area (Å²) in [5, 5.41) is 4.95. The van der Waals surface area contributed by atoms with Gasteiger partial charge >= 0.3 is 0 Å². The number of rotatable bonds is 3. The van der Waals surface area contributed by atoms with Crippen LogP contribution in [0.25, 0.3) is 0 Å². The summed E-state index contributed by atoms with van der Waals surface area (Å²) in [5.74, 6) is -1.03. The minimum atomic E-state index is -0.652. The topological polar surface area (TPSA) is 81.8 Å². The lowest BCUT2D eigenvalue weighted by atomic mass is 10.0. The van der Waals surface area contributed by atoms with Crippen molar-refractivity contribution in [3.8, 4) is 0 Å². The molecule has 0 aliphatic carbocycles. The molecule has 2 aliphatic heterocycles. The van der Waals surface area contributed by atoms with Gasteiger partial charge in [0.15, 0.2) is 0 Å². The Balaban J connectivity index is 1.56. The molecule has 1 aromatic rings. The van der Waals surface area contributed by atoms with E-state index >= 15 is 0 Å². The van der Waals surface area contributed by atoms with E-state index in [0.29, 0.717) is 12.0 Å². The maximum atomic E-state index is 12.4. The quantitative estimate of drug-likeness (QED) is 0.778. The Kier molecular flexibility index (Phi) is 5.51. The molecule has 146 valence electrons. The molecule has 2 aliphatic rings. The molecule has 2 fully saturated rings. The fourth-order valence-corrected chi connectivity index (χ4v) is 3.53. The van der Waals surface area contributed by atoms with Gasteiger partial charge in [-0.3, -0.25) is 24.6 Å². The number of nitrogens with one attached hydrogen (secondary N) is 2. The number of benzene rings is 1. The first-order valence-electron chi connectivity index (χ1n) is 9.49. The average molecular weight is 372 g/mol. The lowest BCUT2D eigenvalue weighted by Crippen LogP contribution is -2.53. The number of anilines is 1. The maximum absolute atomic E-state index is 12.4. The SMILES string of the molecule is CC(C)(C)N1CCN(c2ccc(C(=O)NC3CCC(=O)NC3=O)cc2)CC1. The third-order valence-corrected chi connectivity index (χ3v) is 5.27. The van der Waals surface area contributed by atoms with E-state index in [-0.39, 0.29) is 23.8 Å². The molecule has 0 saturated carbocycles. The Hall–Kier alpha value is -2.41. The van der Waals surface area contributed by atoms with Gasteiger partial charge in [0.2, 0.25) is 11.8 Å². The van der Waals surface area contributed by atoms with E-state index < -0.39 is 11.9 Å². The highest BCUT2D eigenvalue weighted by molar-refractivity contribution is 6.03. The van der Waals surface area contributed by atoms with Gasteiger partial charge in [0, 0.05) is 49.4 Å². The van der Waals surface area contributed by atoms with Crippen LogP contribution in [0, 0.1) is 0 Å². The molecular formula is C20H28N4O3. The molecule has 7 nitrogen and oxygen atoms in total. The first-order valence-corrected chi connectivity index (χ1v) is 9.49. The molecule has 2 N–H and O–H groups in total. The van der Waals surface area contributed by atoms with Crippen LogP contribution in [-0.4, -0.2) is 60.4 Å². The molecule has 7 heteroatoms. The van der Waals surface area contributed by atoms with Crippen LogP contribution in [0.3, 0.4) is 0 Å². The Morgan fingerprint density at radius 2 is 1.70 bits per heavy atom. The van der Waals surface area contributed by atoms with Gasteiger partial charge in [0.1, 0.15) is 6.04 Å². The van der Waals surface area contributed by atoms with Crippen molar-refractivity contribution < 1.29 is 14.4 Å². The number of imide groups is 1. The molecule has 0 bridgehead atoms. The van der Waals surface area contributed by atoms with E-state index in [1.165, 1.54) is 0 Å². The number of piperidine rings is 1. The van der Waals surface area contributed by atoms with Crippen LogP contribution in [0.1, 0.15) is 44.0 Å². The minimum absolute atomic E-state index is 0.185. The summed E-state index contributed by atoms with van der Waals surface area (Å²) in [5.41, 5.74) is 1.79. The summed E-state index contributed by atoms with van der Waals surface area (Å²) < 4.78 is 0. The Bertz CT molecular complexity index is 716. The van der Waals surface area contributed by atoms with Crippen molar-refractivity contribution >= 4 is 23.4 Å². The van der Waals surface area contributed by atoms with Crippen LogP contribution in [0.4, 0.5) is 5.69 Å². The largest absolute Gasteiger partial charge is 0.369 e. The Morgan fingerprint density at radius 1 is 1.07 bits per heavy atom. The molecule has 1 unspecified atom stereocenters. The predicted octanol–water partition coefficient (Wildman–Crippen LogP) is 1.14. The van der Waals surface area contributed by atoms with Gasteiger partial charge in [0.25, 0.3) is 5.91 Å². The third-order valence-electron chi connectivity index (χ3n) is 5.27. The van der Waals surface area contributed by atoms with E-state index in [9.17, 15) is 14.4 Å². The molecule has 2 saturated heterocycles. The average Bonchev–Trinajstić information content (AvgIpc) is 2.63. The van der Waals surface area contributed by atoms with E-state index in [1.54, 1.807) is 12.1 Å². The fraction of sp³-hybridized carbons (Fsp3) is 0.550. The Morgan fingerprint density at radius 3 is 2.26 bits per heavy atom. The van der Waals surface area contributed by atoms with Crippen LogP contribution in [0.15, 0.2) is 24.3 Å². The van der Waals surface area contributed by atoms with Crippen molar-refractivity contribution in [1.29, 1.82) is 0 Å². The van der Waals surface area contributed by atoms with Gasteiger partial charge < -0.3 is 10.2 Å². The number of hydrogen-bond acceptors (Lipinski definition) is 5. The van der Waals surface area contributed by atoms with E-state index in [1.807, 2.05) is 12.1 Å². The first-order chi connectivity index (χ1) is 12.7. The molecule has 3 rings (SSSR count). The van der Waals surface area contributed by atoms with E-state index in [4.69, 9.17) is 0 Å². The molecule has 1 aromatic carbocycles. The third kappa shape index (κ3) is 4.66. The standard InChI is InChI=1S/C20H28N4O3/c1-20(2,3)24-12-10-23(11-13-24)15-6-4-14(5-7-15)18(26)21-16-8-9-17(25)22-19(16)27/h4-7,16H,8-13H2,1-3H3,(H,21,26)(H,22,25,27). The van der Waals surface area contributed by atoms with Crippen LogP contribution in [0.5, 0.6) is 0 Å². The summed E-state index contributed by atoms with van der Waals surface area (Å²) >= 11 is 0. The summed E-state index contributed by atoms with van der Waals surface area (Å²) in [7, 11) is 0. The molecule has 0 radical (unpaired) electrons. The second-order valence-electron chi connectivity index (χ2n) is 8.17. The van der Waals surface area contributed by atoms with E-state index in [0.717, 1.165) is 31.9 Å². The lowest BCUT2D eigenvalue weighted by molar-refractivity contribution is -0.134. The van der Waals surface area contributed by atoms with Crippen molar-refractivity contribution in [1.82, 2.24) is 15.5 Å². The predicted molar refractivity (Wildman–Crippen MR) is 104 cm³/mol. The number of carbonyl (C=O) groups excluding carboxylic acids is 3. The molecule has 27 heavy (non-hydrogen) atoms. The fourth-order valence-electron chi connectivity index (χ4n) is 3.53. The van der Waals surface area contributed by atoms with Crippen molar-refractivity contribution in [3.63, 3.8) is 0 Å². The molecule has 1 atom stereocenters. The monoisotopic (exact) mass is 372 g/mol. The molecule has 0 aromatic heterocycles. The van der Waals surface area contributed by atoms with Gasteiger partial charge in [-0.1, -0.05) is 0 Å². The van der Waals surface area contributed by atoms with Gasteiger partial charge in [-0.2, -0.15) is 0 Å². The minimum Gasteiger partial charge on any atom is -0.369 e. The number of nitrogens with zero attached hydrogens (tertiary/aromatic N) is 2. The molecule has 2 heterocycles. The molecular weight excluding hydrogens is 344 g/mol. The summed E-state index contributed by atoms with van der Waals surface area (Å²) in [6, 6.07) is 6.82. The van der Waals surface area contributed by atoms with Crippen molar-refractivity contribution in [2.75, 3.05) is 31.1 Å². The highest BCUT2D eigenvalue weighted by Crippen LogP contribution is 2.21. The number of amides is 3. The number of piperazine rings is 1. The second-order valence-corrected chi connectivity index (χ2v) is 8.17. The lowest BCUT2D eigenvalue weighted by Gasteiger charge is -2.43. The maximum Gasteiger partial charge on any atom is 0.251 e. The zero-order chi connectivity index (χ0) is 19.6. The zero-order valence-electron chi connectivity index (χ0n) is 16.2. The molecule has 0 spiro atoms. The van der Waals surface area contributed by atoms with Crippen LogP contribution in [-0.2, 0) is 9.59 Å². The second kappa shape index (κ2) is 7.68. The van der Waals surface area contributed by atoms with Gasteiger partial charge in [0.05, 0.1) is 0 Å². The summed E-state index contributed by atoms with van der Waals surface area (Å²) in [4.78, 5) is 40.1. The summed E-state index contributed by atoms with van der Waals surface area (Å²) in [6.45, 7) is 10.6. The number of hydrogen-bond donors (Lipinski definition) is 2.